The summed E-state index contributed by atoms with van der Waals surface area (Å²) in [6.45, 7) is 2.32. The molecule has 0 saturated carbocycles. The van der Waals surface area contributed by atoms with Gasteiger partial charge in [-0.25, -0.2) is 8.78 Å². The number of hydrogen-bond donors (Lipinski definition) is 0. The van der Waals surface area contributed by atoms with Crippen LogP contribution in [-0.2, 0) is 19.5 Å². The standard InChI is InChI=1S/C18H15F2N3O/c19-15-2-1-13(9-16(15)20)18-14-11-23(8-5-17(14)24-22-18)10-12-3-6-21-7-4-12/h1-4,6-7,9H,5,8,10-11H2. The van der Waals surface area contributed by atoms with Gasteiger partial charge >= 0.3 is 0 Å². The lowest BCUT2D eigenvalue weighted by atomic mass is 10.0. The predicted octanol–water partition coefficient (Wildman–Crippen LogP) is 3.57. The number of halogens is 2. The molecule has 0 atom stereocenters. The Morgan fingerprint density at radius 3 is 2.71 bits per heavy atom. The molecule has 24 heavy (non-hydrogen) atoms. The fraction of sp³-hybridized carbons (Fsp3) is 0.222. The number of nitrogens with zero attached hydrogens (tertiary/aromatic N) is 3. The number of fused-ring (bicyclic) bond motifs is 1. The van der Waals surface area contributed by atoms with Crippen LogP contribution in [0.25, 0.3) is 11.3 Å². The van der Waals surface area contributed by atoms with E-state index in [4.69, 9.17) is 4.52 Å². The highest BCUT2D eigenvalue weighted by Crippen LogP contribution is 2.31. The Morgan fingerprint density at radius 1 is 1.08 bits per heavy atom. The summed E-state index contributed by atoms with van der Waals surface area (Å²) in [4.78, 5) is 6.30. The molecule has 1 aromatic carbocycles. The van der Waals surface area contributed by atoms with E-state index >= 15 is 0 Å². The zero-order valence-electron chi connectivity index (χ0n) is 12.9. The van der Waals surface area contributed by atoms with Crippen molar-refractivity contribution < 1.29 is 13.3 Å². The number of pyridine rings is 1. The highest BCUT2D eigenvalue weighted by Gasteiger charge is 2.25. The molecule has 0 fully saturated rings. The van der Waals surface area contributed by atoms with E-state index in [1.807, 2.05) is 12.1 Å². The molecule has 122 valence electrons. The fourth-order valence-corrected chi connectivity index (χ4v) is 3.02. The SMILES string of the molecule is Fc1ccc(-c2noc3c2CN(Cc2ccncc2)CC3)cc1F. The zero-order valence-corrected chi connectivity index (χ0v) is 12.9. The van der Waals surface area contributed by atoms with Crippen LogP contribution in [0.15, 0.2) is 47.2 Å². The van der Waals surface area contributed by atoms with Crippen molar-refractivity contribution in [2.24, 2.45) is 0 Å². The number of rotatable bonds is 3. The van der Waals surface area contributed by atoms with Gasteiger partial charge in [0.15, 0.2) is 11.6 Å². The molecule has 0 aliphatic carbocycles. The van der Waals surface area contributed by atoms with Crippen LogP contribution in [0.2, 0.25) is 0 Å². The fourth-order valence-electron chi connectivity index (χ4n) is 3.02. The molecule has 0 N–H and O–H groups in total. The first-order valence-electron chi connectivity index (χ1n) is 7.75. The molecule has 3 aromatic rings. The molecule has 3 heterocycles. The third-order valence-electron chi connectivity index (χ3n) is 4.25. The Balaban J connectivity index is 1.61. The first-order chi connectivity index (χ1) is 11.7. The second kappa shape index (κ2) is 6.13. The van der Waals surface area contributed by atoms with Gasteiger partial charge in [0.05, 0.1) is 0 Å². The quantitative estimate of drug-likeness (QED) is 0.737. The number of hydrogen-bond acceptors (Lipinski definition) is 4. The summed E-state index contributed by atoms with van der Waals surface area (Å²) >= 11 is 0. The van der Waals surface area contributed by atoms with Gasteiger partial charge in [-0.3, -0.25) is 9.88 Å². The summed E-state index contributed by atoms with van der Waals surface area (Å²) in [6.07, 6.45) is 4.30. The van der Waals surface area contributed by atoms with Gasteiger partial charge in [0, 0.05) is 49.6 Å². The maximum atomic E-state index is 13.5. The minimum Gasteiger partial charge on any atom is -0.360 e. The van der Waals surface area contributed by atoms with E-state index in [9.17, 15) is 8.78 Å². The first-order valence-corrected chi connectivity index (χ1v) is 7.75. The summed E-state index contributed by atoms with van der Waals surface area (Å²) in [5, 5.41) is 4.08. The monoisotopic (exact) mass is 327 g/mol. The Labute approximate surface area is 137 Å². The van der Waals surface area contributed by atoms with Crippen molar-refractivity contribution in [3.63, 3.8) is 0 Å². The summed E-state index contributed by atoms with van der Waals surface area (Å²) < 4.78 is 32.1. The lowest BCUT2D eigenvalue weighted by molar-refractivity contribution is 0.228. The van der Waals surface area contributed by atoms with E-state index in [0.29, 0.717) is 17.8 Å². The Morgan fingerprint density at radius 2 is 1.92 bits per heavy atom. The molecule has 0 radical (unpaired) electrons. The van der Waals surface area contributed by atoms with Crippen molar-refractivity contribution in [1.29, 1.82) is 0 Å². The number of benzene rings is 1. The van der Waals surface area contributed by atoms with Crippen LogP contribution in [0, 0.1) is 11.6 Å². The largest absolute Gasteiger partial charge is 0.360 e. The first kappa shape index (κ1) is 15.0. The zero-order chi connectivity index (χ0) is 16.5. The van der Waals surface area contributed by atoms with Gasteiger partial charge in [0.1, 0.15) is 11.5 Å². The molecular formula is C18H15F2N3O. The van der Waals surface area contributed by atoms with Crippen LogP contribution in [0.1, 0.15) is 16.9 Å². The molecular weight excluding hydrogens is 312 g/mol. The van der Waals surface area contributed by atoms with Crippen LogP contribution in [-0.4, -0.2) is 21.6 Å². The van der Waals surface area contributed by atoms with Crippen molar-refractivity contribution in [1.82, 2.24) is 15.0 Å². The Kier molecular flexibility index (Phi) is 3.82. The molecule has 0 bridgehead atoms. The second-order valence-electron chi connectivity index (χ2n) is 5.88. The molecule has 1 aliphatic rings. The minimum atomic E-state index is -0.881. The maximum absolute atomic E-state index is 13.5. The highest BCUT2D eigenvalue weighted by molar-refractivity contribution is 5.63. The second-order valence-corrected chi connectivity index (χ2v) is 5.88. The molecule has 0 spiro atoms. The van der Waals surface area contributed by atoms with Gasteiger partial charge in [-0.05, 0) is 35.9 Å². The summed E-state index contributed by atoms with van der Waals surface area (Å²) in [6, 6.07) is 7.77. The van der Waals surface area contributed by atoms with E-state index in [2.05, 4.69) is 15.0 Å². The van der Waals surface area contributed by atoms with Gasteiger partial charge in [-0.2, -0.15) is 0 Å². The van der Waals surface area contributed by atoms with Gasteiger partial charge in [0.25, 0.3) is 0 Å². The average Bonchev–Trinajstić information content (AvgIpc) is 3.01. The topological polar surface area (TPSA) is 42.2 Å². The van der Waals surface area contributed by atoms with E-state index < -0.39 is 11.6 Å². The van der Waals surface area contributed by atoms with Crippen molar-refractivity contribution in [2.45, 2.75) is 19.5 Å². The molecule has 6 heteroatoms. The number of aromatic nitrogens is 2. The lowest BCUT2D eigenvalue weighted by Crippen LogP contribution is -2.29. The molecule has 0 unspecified atom stereocenters. The molecule has 4 rings (SSSR count). The third kappa shape index (κ3) is 2.80. The van der Waals surface area contributed by atoms with Crippen molar-refractivity contribution in [3.8, 4) is 11.3 Å². The highest BCUT2D eigenvalue weighted by atomic mass is 19.2. The molecule has 4 nitrogen and oxygen atoms in total. The van der Waals surface area contributed by atoms with Gasteiger partial charge in [0.2, 0.25) is 0 Å². The third-order valence-corrected chi connectivity index (χ3v) is 4.25. The van der Waals surface area contributed by atoms with Crippen LogP contribution in [0.3, 0.4) is 0 Å². The summed E-state index contributed by atoms with van der Waals surface area (Å²) in [5.41, 5.74) is 3.24. The lowest BCUT2D eigenvalue weighted by Gasteiger charge is -2.26. The van der Waals surface area contributed by atoms with Crippen LogP contribution in [0.4, 0.5) is 8.78 Å². The maximum Gasteiger partial charge on any atom is 0.159 e. The molecule has 0 saturated heterocycles. The van der Waals surface area contributed by atoms with Crippen molar-refractivity contribution in [3.05, 3.63) is 71.2 Å². The van der Waals surface area contributed by atoms with E-state index in [1.54, 1.807) is 12.4 Å². The smallest absolute Gasteiger partial charge is 0.159 e. The molecule has 0 amide bonds. The van der Waals surface area contributed by atoms with E-state index in [0.717, 1.165) is 43.0 Å². The van der Waals surface area contributed by atoms with Crippen LogP contribution < -0.4 is 0 Å². The molecule has 2 aromatic heterocycles. The van der Waals surface area contributed by atoms with E-state index in [1.165, 1.54) is 11.6 Å². The predicted molar refractivity (Wildman–Crippen MR) is 83.9 cm³/mol. The summed E-state index contributed by atoms with van der Waals surface area (Å²) in [7, 11) is 0. The van der Waals surface area contributed by atoms with Gasteiger partial charge in [-0.15, -0.1) is 0 Å². The summed E-state index contributed by atoms with van der Waals surface area (Å²) in [5.74, 6) is -0.926. The van der Waals surface area contributed by atoms with Gasteiger partial charge in [-0.1, -0.05) is 5.16 Å². The minimum absolute atomic E-state index is 0.532. The molecule has 1 aliphatic heterocycles. The van der Waals surface area contributed by atoms with E-state index in [-0.39, 0.29) is 0 Å². The van der Waals surface area contributed by atoms with Crippen molar-refractivity contribution >= 4 is 0 Å². The Bertz CT molecular complexity index is 864. The normalized spacial score (nSPS) is 14.6. The van der Waals surface area contributed by atoms with Gasteiger partial charge < -0.3 is 4.52 Å². The van der Waals surface area contributed by atoms with Crippen LogP contribution >= 0.6 is 0 Å². The van der Waals surface area contributed by atoms with Crippen LogP contribution in [0.5, 0.6) is 0 Å². The Hall–Kier alpha value is -2.60. The average molecular weight is 327 g/mol. The van der Waals surface area contributed by atoms with Crippen molar-refractivity contribution in [2.75, 3.05) is 6.54 Å².